The van der Waals surface area contributed by atoms with E-state index in [1.54, 1.807) is 0 Å². The highest BCUT2D eigenvalue weighted by atomic mass is 35.5. The Morgan fingerprint density at radius 3 is 2.65 bits per heavy atom. The maximum Gasteiger partial charge on any atom is 0.334 e. The van der Waals surface area contributed by atoms with E-state index >= 15 is 0 Å². The molecule has 5 N–H and O–H groups in total. The second kappa shape index (κ2) is 9.46. The highest BCUT2D eigenvalue weighted by molar-refractivity contribution is 5.85. The maximum atomic E-state index is 11.1. The first-order valence-electron chi connectivity index (χ1n) is 4.53. The van der Waals surface area contributed by atoms with Crippen molar-refractivity contribution in [2.24, 2.45) is 5.73 Å². The van der Waals surface area contributed by atoms with Crippen LogP contribution in [0.1, 0.15) is 12.8 Å². The summed E-state index contributed by atoms with van der Waals surface area (Å²) < 4.78 is 4.40. The van der Waals surface area contributed by atoms with Gasteiger partial charge < -0.3 is 15.8 Å². The van der Waals surface area contributed by atoms with Gasteiger partial charge in [0, 0.05) is 6.54 Å². The van der Waals surface area contributed by atoms with Crippen molar-refractivity contribution in [3.63, 3.8) is 0 Å². The van der Waals surface area contributed by atoms with Crippen LogP contribution in [0.15, 0.2) is 0 Å². The van der Waals surface area contributed by atoms with Crippen LogP contribution in [0.4, 0.5) is 0 Å². The van der Waals surface area contributed by atoms with Gasteiger partial charge in [0.05, 0.1) is 7.11 Å². The highest BCUT2D eigenvalue weighted by Crippen LogP contribution is 1.98. The van der Waals surface area contributed by atoms with E-state index in [1.807, 2.05) is 5.43 Å². The standard InChI is InChI=1S/C7H15N5O4.ClH/c1-16-6(13)5(11-12(14)15)3-2-4-10-7(8)9;/h5,11H,2-4H2,1H3,(H4,8,9,10);1H/t5-;/m0./s1. The number of esters is 1. The number of nitrogens with two attached hydrogens (primary N) is 1. The van der Waals surface area contributed by atoms with Crippen molar-refractivity contribution in [1.82, 2.24) is 10.7 Å². The van der Waals surface area contributed by atoms with E-state index in [0.717, 1.165) is 7.11 Å². The first-order chi connectivity index (χ1) is 7.47. The second-order valence-corrected chi connectivity index (χ2v) is 2.94. The third-order valence-corrected chi connectivity index (χ3v) is 1.73. The summed E-state index contributed by atoms with van der Waals surface area (Å²) in [7, 11) is 1.16. The van der Waals surface area contributed by atoms with E-state index < -0.39 is 17.0 Å². The third-order valence-electron chi connectivity index (χ3n) is 1.73. The van der Waals surface area contributed by atoms with Crippen LogP contribution in [-0.2, 0) is 9.53 Å². The molecule has 0 amide bonds. The molecule has 9 nitrogen and oxygen atoms in total. The Labute approximate surface area is 104 Å². The molecule has 0 aromatic carbocycles. The number of ether oxygens (including phenoxy) is 1. The lowest BCUT2D eigenvalue weighted by Gasteiger charge is -2.11. The highest BCUT2D eigenvalue weighted by Gasteiger charge is 2.22. The predicted octanol–water partition coefficient (Wildman–Crippen LogP) is -1.01. The molecule has 0 heterocycles. The third kappa shape index (κ3) is 9.18. The Balaban J connectivity index is 0. The molecule has 100 valence electrons. The van der Waals surface area contributed by atoms with Crippen LogP contribution in [0, 0.1) is 15.5 Å². The number of hydrazine groups is 1. The summed E-state index contributed by atoms with van der Waals surface area (Å²) in [5.74, 6) is -0.878. The molecule has 0 saturated heterocycles. The normalized spacial score (nSPS) is 10.6. The number of hydrogen-bond donors (Lipinski definition) is 4. The van der Waals surface area contributed by atoms with Gasteiger partial charge in [-0.1, -0.05) is 0 Å². The molecule has 0 aliphatic heterocycles. The summed E-state index contributed by atoms with van der Waals surface area (Å²) in [5, 5.41) is 18.8. The van der Waals surface area contributed by atoms with E-state index in [-0.39, 0.29) is 24.8 Å². The zero-order valence-corrected chi connectivity index (χ0v) is 10.1. The zero-order chi connectivity index (χ0) is 12.6. The minimum Gasteiger partial charge on any atom is -0.467 e. The first kappa shape index (κ1) is 17.6. The van der Waals surface area contributed by atoms with E-state index in [1.165, 1.54) is 0 Å². The van der Waals surface area contributed by atoms with Crippen molar-refractivity contribution in [3.05, 3.63) is 10.1 Å². The molecule has 1 atom stereocenters. The lowest BCUT2D eigenvalue weighted by molar-refractivity contribution is -0.549. The molecule has 0 aromatic heterocycles. The average Bonchev–Trinajstić information content (AvgIpc) is 2.20. The van der Waals surface area contributed by atoms with Crippen LogP contribution in [-0.4, -0.2) is 36.7 Å². The number of carbonyl (C=O) groups excluding carboxylic acids is 1. The fourth-order valence-corrected chi connectivity index (χ4v) is 1.03. The Morgan fingerprint density at radius 1 is 1.65 bits per heavy atom. The van der Waals surface area contributed by atoms with Crippen molar-refractivity contribution in [3.8, 4) is 0 Å². The SMILES string of the molecule is COC(=O)[C@H](CCCNC(=N)N)N[N+](=O)[O-].Cl. The number of carbonyl (C=O) groups is 1. The smallest absolute Gasteiger partial charge is 0.334 e. The topological polar surface area (TPSA) is 143 Å². The summed E-state index contributed by atoms with van der Waals surface area (Å²) >= 11 is 0. The van der Waals surface area contributed by atoms with E-state index in [0.29, 0.717) is 13.0 Å². The van der Waals surface area contributed by atoms with Gasteiger partial charge in [-0.2, -0.15) is 0 Å². The molecule has 17 heavy (non-hydrogen) atoms. The van der Waals surface area contributed by atoms with Gasteiger partial charge >= 0.3 is 5.97 Å². The number of halogens is 1. The van der Waals surface area contributed by atoms with E-state index in [2.05, 4.69) is 10.1 Å². The number of rotatable bonds is 7. The molecular weight excluding hydrogens is 254 g/mol. The molecule has 0 rings (SSSR count). The summed E-state index contributed by atoms with van der Waals surface area (Å²) in [6, 6.07) is -0.992. The maximum absolute atomic E-state index is 11.1. The quantitative estimate of drug-likeness (QED) is 0.116. The van der Waals surface area contributed by atoms with Crippen molar-refractivity contribution < 1.29 is 14.6 Å². The van der Waals surface area contributed by atoms with Gasteiger partial charge in [-0.3, -0.25) is 5.41 Å². The van der Waals surface area contributed by atoms with Gasteiger partial charge in [0.2, 0.25) is 0 Å². The second-order valence-electron chi connectivity index (χ2n) is 2.94. The predicted molar refractivity (Wildman–Crippen MR) is 62.3 cm³/mol. The zero-order valence-electron chi connectivity index (χ0n) is 9.26. The van der Waals surface area contributed by atoms with Gasteiger partial charge in [-0.15, -0.1) is 17.8 Å². The summed E-state index contributed by atoms with van der Waals surface area (Å²) in [6.07, 6.45) is 0.661. The number of guanidine groups is 1. The Kier molecular flexibility index (Phi) is 9.80. The summed E-state index contributed by atoms with van der Waals surface area (Å²) in [4.78, 5) is 21.3. The van der Waals surface area contributed by atoms with Crippen LogP contribution in [0.5, 0.6) is 0 Å². The molecule has 0 spiro atoms. The monoisotopic (exact) mass is 269 g/mol. The molecule has 0 aliphatic carbocycles. The van der Waals surface area contributed by atoms with Crippen LogP contribution in [0.25, 0.3) is 0 Å². The van der Waals surface area contributed by atoms with Gasteiger partial charge in [-0.05, 0) is 12.8 Å². The molecule has 0 aliphatic rings. The fourth-order valence-electron chi connectivity index (χ4n) is 1.03. The first-order valence-corrected chi connectivity index (χ1v) is 4.53. The number of nitrogens with zero attached hydrogens (tertiary/aromatic N) is 1. The fraction of sp³-hybridized carbons (Fsp3) is 0.714. The number of hydrogen-bond acceptors (Lipinski definition) is 5. The summed E-state index contributed by atoms with van der Waals surface area (Å²) in [5.41, 5.74) is 6.89. The van der Waals surface area contributed by atoms with Gasteiger partial charge in [0.25, 0.3) is 0 Å². The number of methoxy groups -OCH3 is 1. The molecule has 0 unspecified atom stereocenters. The largest absolute Gasteiger partial charge is 0.467 e. The van der Waals surface area contributed by atoms with Crippen molar-refractivity contribution >= 4 is 24.3 Å². The molecule has 0 bridgehead atoms. The van der Waals surface area contributed by atoms with Crippen LogP contribution < -0.4 is 16.5 Å². The average molecular weight is 270 g/mol. The Hall–Kier alpha value is -1.77. The van der Waals surface area contributed by atoms with Crippen molar-refractivity contribution in [2.45, 2.75) is 18.9 Å². The lowest BCUT2D eigenvalue weighted by Crippen LogP contribution is -2.41. The van der Waals surface area contributed by atoms with Gasteiger partial charge in [0.15, 0.2) is 17.0 Å². The molecule has 0 saturated carbocycles. The van der Waals surface area contributed by atoms with Crippen LogP contribution in [0.2, 0.25) is 0 Å². The minimum atomic E-state index is -0.992. The van der Waals surface area contributed by atoms with Gasteiger partial charge in [-0.25, -0.2) is 14.9 Å². The van der Waals surface area contributed by atoms with Gasteiger partial charge in [0.1, 0.15) is 0 Å². The van der Waals surface area contributed by atoms with E-state index in [4.69, 9.17) is 11.1 Å². The number of nitro groups is 1. The minimum absolute atomic E-state index is 0. The Bertz CT molecular complexity index is 275. The molecule has 0 radical (unpaired) electrons. The van der Waals surface area contributed by atoms with Crippen molar-refractivity contribution in [2.75, 3.05) is 13.7 Å². The number of nitrogens with one attached hydrogen (secondary N) is 3. The lowest BCUT2D eigenvalue weighted by atomic mass is 10.1. The van der Waals surface area contributed by atoms with E-state index in [9.17, 15) is 14.9 Å². The van der Waals surface area contributed by atoms with Crippen molar-refractivity contribution in [1.29, 1.82) is 5.41 Å². The van der Waals surface area contributed by atoms with Crippen LogP contribution in [0.3, 0.4) is 0 Å². The Morgan fingerprint density at radius 2 is 2.24 bits per heavy atom. The molecular formula is C7H16ClN5O4. The summed E-state index contributed by atoms with van der Waals surface area (Å²) in [6.45, 7) is 0.363. The molecule has 0 aromatic rings. The molecule has 10 heteroatoms. The molecule has 0 fully saturated rings. The van der Waals surface area contributed by atoms with Crippen LogP contribution >= 0.6 is 12.4 Å².